The highest BCUT2D eigenvalue weighted by molar-refractivity contribution is 7.22. The number of carbonyl (C=O) groups is 1. The van der Waals surface area contributed by atoms with E-state index in [2.05, 4.69) is 15.6 Å². The molecule has 0 aliphatic carbocycles. The summed E-state index contributed by atoms with van der Waals surface area (Å²) in [6.07, 6.45) is 0.344. The van der Waals surface area contributed by atoms with Crippen LogP contribution in [-0.4, -0.2) is 10.9 Å². The van der Waals surface area contributed by atoms with E-state index in [0.717, 1.165) is 32.3 Å². The van der Waals surface area contributed by atoms with Gasteiger partial charge in [-0.05, 0) is 29.8 Å². The Morgan fingerprint density at radius 2 is 1.62 bits per heavy atom. The van der Waals surface area contributed by atoms with Crippen LogP contribution in [-0.2, 0) is 11.2 Å². The van der Waals surface area contributed by atoms with Gasteiger partial charge in [-0.2, -0.15) is 0 Å². The summed E-state index contributed by atoms with van der Waals surface area (Å²) in [5.41, 5.74) is 3.52. The number of carbonyl (C=O) groups excluding carboxylic acids is 1. The molecule has 4 nitrogen and oxygen atoms in total. The topological polar surface area (TPSA) is 54.0 Å². The van der Waals surface area contributed by atoms with Crippen molar-refractivity contribution >= 4 is 44.0 Å². The number of rotatable bonds is 5. The lowest BCUT2D eigenvalue weighted by Gasteiger charge is -2.06. The summed E-state index contributed by atoms with van der Waals surface area (Å²) >= 11 is 1.56. The number of hydrogen-bond donors (Lipinski definition) is 2. The zero-order valence-corrected chi connectivity index (χ0v) is 14.8. The Kier molecular flexibility index (Phi) is 4.62. The molecule has 0 unspecified atom stereocenters. The third-order valence-corrected chi connectivity index (χ3v) is 4.86. The van der Waals surface area contributed by atoms with Gasteiger partial charge in [0.05, 0.1) is 16.8 Å². The molecule has 1 heterocycles. The van der Waals surface area contributed by atoms with Crippen molar-refractivity contribution in [2.45, 2.75) is 6.42 Å². The number of aromatic nitrogens is 1. The molecular formula is C21H17N3OS. The molecule has 0 saturated carbocycles. The largest absolute Gasteiger partial charge is 0.332 e. The van der Waals surface area contributed by atoms with E-state index in [1.807, 2.05) is 78.9 Å². The van der Waals surface area contributed by atoms with Gasteiger partial charge in [0.1, 0.15) is 5.52 Å². The molecule has 4 rings (SSSR count). The summed E-state index contributed by atoms with van der Waals surface area (Å²) < 4.78 is 1.03. The van der Waals surface area contributed by atoms with Crippen molar-refractivity contribution in [1.82, 2.24) is 4.98 Å². The van der Waals surface area contributed by atoms with Crippen LogP contribution >= 0.6 is 11.3 Å². The molecule has 0 aliphatic heterocycles. The molecule has 0 fully saturated rings. The SMILES string of the molecule is O=C(Cc1ccccc1)Nc1cccc2sc(Nc3ccccc3)nc12. The van der Waals surface area contributed by atoms with Gasteiger partial charge in [-0.25, -0.2) is 4.98 Å². The molecule has 2 N–H and O–H groups in total. The molecule has 3 aromatic carbocycles. The Labute approximate surface area is 155 Å². The van der Waals surface area contributed by atoms with Crippen LogP contribution in [0.4, 0.5) is 16.5 Å². The number of benzene rings is 3. The minimum absolute atomic E-state index is 0.0470. The second-order valence-corrected chi connectivity index (χ2v) is 6.90. The summed E-state index contributed by atoms with van der Waals surface area (Å²) in [5.74, 6) is -0.0470. The van der Waals surface area contributed by atoms with Crippen LogP contribution in [0.25, 0.3) is 10.2 Å². The fraction of sp³-hybridized carbons (Fsp3) is 0.0476. The van der Waals surface area contributed by atoms with Crippen molar-refractivity contribution in [2.75, 3.05) is 10.6 Å². The van der Waals surface area contributed by atoms with Crippen LogP contribution < -0.4 is 10.6 Å². The molecular weight excluding hydrogens is 342 g/mol. The van der Waals surface area contributed by atoms with Gasteiger partial charge in [0, 0.05) is 5.69 Å². The number of amides is 1. The molecule has 0 atom stereocenters. The predicted octanol–water partition coefficient (Wildman–Crippen LogP) is 5.22. The number of para-hydroxylation sites is 2. The Bertz CT molecular complexity index is 1030. The van der Waals surface area contributed by atoms with Crippen LogP contribution in [0.1, 0.15) is 5.56 Å². The second-order valence-electron chi connectivity index (χ2n) is 5.87. The van der Waals surface area contributed by atoms with Crippen molar-refractivity contribution in [3.8, 4) is 0 Å². The number of thiazole rings is 1. The molecule has 4 aromatic rings. The maximum Gasteiger partial charge on any atom is 0.228 e. The van der Waals surface area contributed by atoms with Gasteiger partial charge in [-0.1, -0.05) is 65.9 Å². The molecule has 128 valence electrons. The minimum Gasteiger partial charge on any atom is -0.332 e. The third kappa shape index (κ3) is 3.73. The van der Waals surface area contributed by atoms with Crippen molar-refractivity contribution in [2.24, 2.45) is 0 Å². The molecule has 1 amide bonds. The van der Waals surface area contributed by atoms with E-state index in [1.54, 1.807) is 11.3 Å². The van der Waals surface area contributed by atoms with Crippen molar-refractivity contribution in [1.29, 1.82) is 0 Å². The number of nitrogens with zero attached hydrogens (tertiary/aromatic N) is 1. The minimum atomic E-state index is -0.0470. The van der Waals surface area contributed by atoms with Gasteiger partial charge in [0.15, 0.2) is 5.13 Å². The molecule has 0 radical (unpaired) electrons. The van der Waals surface area contributed by atoms with Gasteiger partial charge in [0.2, 0.25) is 5.91 Å². The van der Waals surface area contributed by atoms with Gasteiger partial charge < -0.3 is 10.6 Å². The average Bonchev–Trinajstić information content (AvgIpc) is 3.07. The molecule has 5 heteroatoms. The first-order valence-corrected chi connectivity index (χ1v) is 9.15. The van der Waals surface area contributed by atoms with Crippen LogP contribution in [0, 0.1) is 0 Å². The molecule has 0 aliphatic rings. The fourth-order valence-corrected chi connectivity index (χ4v) is 3.64. The van der Waals surface area contributed by atoms with Crippen LogP contribution in [0.15, 0.2) is 78.9 Å². The fourth-order valence-electron chi connectivity index (χ4n) is 2.72. The summed E-state index contributed by atoms with van der Waals surface area (Å²) in [6, 6.07) is 25.5. The first-order valence-electron chi connectivity index (χ1n) is 8.33. The maximum atomic E-state index is 12.4. The summed E-state index contributed by atoms with van der Waals surface area (Å²) in [7, 11) is 0. The highest BCUT2D eigenvalue weighted by Crippen LogP contribution is 2.32. The quantitative estimate of drug-likeness (QED) is 0.513. The molecule has 26 heavy (non-hydrogen) atoms. The summed E-state index contributed by atoms with van der Waals surface area (Å²) in [5, 5.41) is 7.10. The lowest BCUT2D eigenvalue weighted by Crippen LogP contribution is -2.14. The normalized spacial score (nSPS) is 10.6. The number of hydrogen-bond acceptors (Lipinski definition) is 4. The van der Waals surface area contributed by atoms with Gasteiger partial charge in [0.25, 0.3) is 0 Å². The van der Waals surface area contributed by atoms with Crippen molar-refractivity contribution in [3.63, 3.8) is 0 Å². The monoisotopic (exact) mass is 359 g/mol. The standard InChI is InChI=1S/C21H17N3OS/c25-19(14-15-8-3-1-4-9-15)23-17-12-7-13-18-20(17)24-21(26-18)22-16-10-5-2-6-11-16/h1-13H,14H2,(H,22,24)(H,23,25). The van der Waals surface area contributed by atoms with E-state index < -0.39 is 0 Å². The molecule has 0 bridgehead atoms. The van der Waals surface area contributed by atoms with Gasteiger partial charge >= 0.3 is 0 Å². The number of fused-ring (bicyclic) bond motifs is 1. The average molecular weight is 359 g/mol. The molecule has 0 spiro atoms. The summed E-state index contributed by atoms with van der Waals surface area (Å²) in [6.45, 7) is 0. The van der Waals surface area contributed by atoms with E-state index in [1.165, 1.54) is 0 Å². The van der Waals surface area contributed by atoms with Crippen LogP contribution in [0.5, 0.6) is 0 Å². The van der Waals surface area contributed by atoms with Crippen LogP contribution in [0.3, 0.4) is 0 Å². The lowest BCUT2D eigenvalue weighted by atomic mass is 10.1. The highest BCUT2D eigenvalue weighted by Gasteiger charge is 2.11. The van der Waals surface area contributed by atoms with Gasteiger partial charge in [-0.15, -0.1) is 0 Å². The Morgan fingerprint density at radius 3 is 2.38 bits per heavy atom. The lowest BCUT2D eigenvalue weighted by molar-refractivity contribution is -0.115. The van der Waals surface area contributed by atoms with E-state index >= 15 is 0 Å². The first-order chi connectivity index (χ1) is 12.8. The molecule has 1 aromatic heterocycles. The first kappa shape index (κ1) is 16.3. The highest BCUT2D eigenvalue weighted by atomic mass is 32.1. The zero-order valence-electron chi connectivity index (χ0n) is 14.0. The third-order valence-electron chi connectivity index (χ3n) is 3.93. The van der Waals surface area contributed by atoms with E-state index in [-0.39, 0.29) is 5.91 Å². The zero-order chi connectivity index (χ0) is 17.8. The van der Waals surface area contributed by atoms with E-state index in [9.17, 15) is 4.79 Å². The van der Waals surface area contributed by atoms with Crippen molar-refractivity contribution < 1.29 is 4.79 Å². The maximum absolute atomic E-state index is 12.4. The van der Waals surface area contributed by atoms with E-state index in [0.29, 0.717) is 6.42 Å². The second kappa shape index (κ2) is 7.37. The van der Waals surface area contributed by atoms with Crippen LogP contribution in [0.2, 0.25) is 0 Å². The van der Waals surface area contributed by atoms with Gasteiger partial charge in [-0.3, -0.25) is 4.79 Å². The summed E-state index contributed by atoms with van der Waals surface area (Å²) in [4.78, 5) is 17.0. The number of anilines is 3. The van der Waals surface area contributed by atoms with Crippen molar-refractivity contribution in [3.05, 3.63) is 84.4 Å². The molecule has 0 saturated heterocycles. The Hall–Kier alpha value is -3.18. The number of nitrogens with one attached hydrogen (secondary N) is 2. The van der Waals surface area contributed by atoms with E-state index in [4.69, 9.17) is 0 Å². The predicted molar refractivity (Wildman–Crippen MR) is 108 cm³/mol. The smallest absolute Gasteiger partial charge is 0.228 e. The Balaban J connectivity index is 1.54. The Morgan fingerprint density at radius 1 is 0.885 bits per heavy atom.